The molecule has 0 bridgehead atoms. The summed E-state index contributed by atoms with van der Waals surface area (Å²) in [5.74, 6) is -0.772. The molecule has 140 valence electrons. The summed E-state index contributed by atoms with van der Waals surface area (Å²) in [5, 5.41) is 7.70. The van der Waals surface area contributed by atoms with Crippen molar-refractivity contribution < 1.29 is 9.18 Å². The van der Waals surface area contributed by atoms with Crippen LogP contribution < -0.4 is 11.2 Å². The first-order valence-corrected chi connectivity index (χ1v) is 8.54. The Kier molecular flexibility index (Phi) is 4.09. The van der Waals surface area contributed by atoms with Crippen molar-refractivity contribution in [2.75, 3.05) is 13.1 Å². The molecule has 1 aliphatic heterocycles. The maximum atomic E-state index is 13.5. The molecule has 1 aliphatic rings. The van der Waals surface area contributed by atoms with E-state index in [1.54, 1.807) is 18.1 Å². The summed E-state index contributed by atoms with van der Waals surface area (Å²) in [4.78, 5) is 41.8. The zero-order valence-corrected chi connectivity index (χ0v) is 14.6. The van der Waals surface area contributed by atoms with Crippen LogP contribution in [0.25, 0.3) is 10.9 Å². The molecule has 10 heteroatoms. The molecule has 1 N–H and O–H groups in total. The average molecular weight is 372 g/mol. The largest absolute Gasteiger partial charge is 0.337 e. The first-order valence-electron chi connectivity index (χ1n) is 8.54. The van der Waals surface area contributed by atoms with Gasteiger partial charge in [0, 0.05) is 26.2 Å². The van der Waals surface area contributed by atoms with Gasteiger partial charge in [0.25, 0.3) is 11.5 Å². The molecule has 27 heavy (non-hydrogen) atoms. The predicted molar refractivity (Wildman–Crippen MR) is 94.0 cm³/mol. The van der Waals surface area contributed by atoms with Gasteiger partial charge in [0.2, 0.25) is 0 Å². The number of rotatable bonds is 2. The molecule has 4 rings (SSSR count). The third-order valence-corrected chi connectivity index (χ3v) is 4.83. The Balaban J connectivity index is 1.59. The van der Waals surface area contributed by atoms with E-state index in [0.29, 0.717) is 31.4 Å². The molecule has 0 radical (unpaired) electrons. The van der Waals surface area contributed by atoms with E-state index in [1.807, 2.05) is 0 Å². The van der Waals surface area contributed by atoms with Crippen molar-refractivity contribution in [3.63, 3.8) is 0 Å². The van der Waals surface area contributed by atoms with Gasteiger partial charge in [0.15, 0.2) is 5.69 Å². The quantitative estimate of drug-likeness (QED) is 0.702. The topological polar surface area (TPSA) is 106 Å². The van der Waals surface area contributed by atoms with E-state index in [9.17, 15) is 18.8 Å². The van der Waals surface area contributed by atoms with Gasteiger partial charge in [-0.05, 0) is 31.0 Å². The summed E-state index contributed by atoms with van der Waals surface area (Å²) < 4.78 is 16.1. The number of carbonyl (C=O) groups is 1. The van der Waals surface area contributed by atoms with Crippen molar-refractivity contribution in [1.82, 2.24) is 29.4 Å². The molecule has 1 fully saturated rings. The molecule has 0 atom stereocenters. The lowest BCUT2D eigenvalue weighted by atomic mass is 10.0. The molecule has 9 nitrogen and oxygen atoms in total. The minimum Gasteiger partial charge on any atom is -0.337 e. The standard InChI is InChI=1S/C17H17FN6O3/c1-22-9-14(20-21-22)16(26)23-6-4-11(5-7-23)24-15(25)12-8-10(18)2-3-13(12)19-17(24)27/h2-3,8-9,11H,4-7H2,1H3,(H,19,27). The number of aromatic nitrogens is 5. The molecule has 0 saturated carbocycles. The lowest BCUT2D eigenvalue weighted by Crippen LogP contribution is -2.45. The number of carbonyl (C=O) groups excluding carboxylic acids is 1. The van der Waals surface area contributed by atoms with Gasteiger partial charge in [-0.25, -0.2) is 9.18 Å². The number of nitrogens with zero attached hydrogens (tertiary/aromatic N) is 5. The Morgan fingerprint density at radius 1 is 1.26 bits per heavy atom. The molecular weight excluding hydrogens is 355 g/mol. The maximum Gasteiger partial charge on any atom is 0.329 e. The van der Waals surface area contributed by atoms with Crippen molar-refractivity contribution in [3.05, 3.63) is 56.7 Å². The highest BCUT2D eigenvalue weighted by molar-refractivity contribution is 5.92. The fraction of sp³-hybridized carbons (Fsp3) is 0.353. The Morgan fingerprint density at radius 2 is 2.00 bits per heavy atom. The van der Waals surface area contributed by atoms with E-state index in [0.717, 1.165) is 10.6 Å². The molecule has 2 aromatic heterocycles. The number of aromatic amines is 1. The number of amides is 1. The summed E-state index contributed by atoms with van der Waals surface area (Å²) >= 11 is 0. The number of likely N-dealkylation sites (tertiary alicyclic amines) is 1. The third-order valence-electron chi connectivity index (χ3n) is 4.83. The molecule has 0 spiro atoms. The number of benzene rings is 1. The fourth-order valence-electron chi connectivity index (χ4n) is 3.47. The van der Waals surface area contributed by atoms with E-state index >= 15 is 0 Å². The van der Waals surface area contributed by atoms with Gasteiger partial charge in [-0.15, -0.1) is 5.10 Å². The zero-order chi connectivity index (χ0) is 19.1. The molecule has 0 unspecified atom stereocenters. The van der Waals surface area contributed by atoms with Crippen molar-refractivity contribution >= 4 is 16.8 Å². The number of fused-ring (bicyclic) bond motifs is 1. The molecule has 1 amide bonds. The van der Waals surface area contributed by atoms with E-state index in [-0.39, 0.29) is 23.0 Å². The van der Waals surface area contributed by atoms with Gasteiger partial charge in [0.1, 0.15) is 5.82 Å². The predicted octanol–water partition coefficient (Wildman–Crippen LogP) is 0.435. The van der Waals surface area contributed by atoms with Gasteiger partial charge >= 0.3 is 5.69 Å². The second-order valence-electron chi connectivity index (χ2n) is 6.60. The normalized spacial score (nSPS) is 15.4. The van der Waals surface area contributed by atoms with Crippen LogP contribution >= 0.6 is 0 Å². The minimum absolute atomic E-state index is 0.132. The third kappa shape index (κ3) is 3.03. The van der Waals surface area contributed by atoms with E-state index in [1.165, 1.54) is 16.8 Å². The summed E-state index contributed by atoms with van der Waals surface area (Å²) in [7, 11) is 1.68. The van der Waals surface area contributed by atoms with Gasteiger partial charge in [-0.2, -0.15) is 0 Å². The highest BCUT2D eigenvalue weighted by Crippen LogP contribution is 2.21. The van der Waals surface area contributed by atoms with Crippen LogP contribution in [0, 0.1) is 5.82 Å². The monoisotopic (exact) mass is 372 g/mol. The smallest absolute Gasteiger partial charge is 0.329 e. The van der Waals surface area contributed by atoms with Crippen molar-refractivity contribution in [3.8, 4) is 0 Å². The highest BCUT2D eigenvalue weighted by Gasteiger charge is 2.28. The minimum atomic E-state index is -0.539. The van der Waals surface area contributed by atoms with Crippen LogP contribution in [-0.2, 0) is 7.05 Å². The van der Waals surface area contributed by atoms with E-state index in [4.69, 9.17) is 0 Å². The Labute approximate surface area is 152 Å². The van der Waals surface area contributed by atoms with Crippen LogP contribution in [0.3, 0.4) is 0 Å². The lowest BCUT2D eigenvalue weighted by molar-refractivity contribution is 0.0686. The van der Waals surface area contributed by atoms with E-state index in [2.05, 4.69) is 15.3 Å². The number of piperidine rings is 1. The summed E-state index contributed by atoms with van der Waals surface area (Å²) in [6.45, 7) is 0.764. The Morgan fingerprint density at radius 3 is 2.67 bits per heavy atom. The number of halogens is 1. The van der Waals surface area contributed by atoms with Crippen LogP contribution in [0.4, 0.5) is 4.39 Å². The zero-order valence-electron chi connectivity index (χ0n) is 14.6. The molecule has 3 heterocycles. The lowest BCUT2D eigenvalue weighted by Gasteiger charge is -2.32. The Bertz CT molecular complexity index is 1140. The van der Waals surface area contributed by atoms with Gasteiger partial charge in [0.05, 0.1) is 17.1 Å². The second-order valence-corrected chi connectivity index (χ2v) is 6.60. The van der Waals surface area contributed by atoms with Crippen molar-refractivity contribution in [1.29, 1.82) is 0 Å². The maximum absolute atomic E-state index is 13.5. The number of aryl methyl sites for hydroxylation is 1. The molecule has 0 aliphatic carbocycles. The van der Waals surface area contributed by atoms with Gasteiger partial charge in [-0.1, -0.05) is 5.21 Å². The van der Waals surface area contributed by atoms with Crippen molar-refractivity contribution in [2.24, 2.45) is 7.05 Å². The van der Waals surface area contributed by atoms with Crippen LogP contribution in [-0.4, -0.2) is 48.4 Å². The highest BCUT2D eigenvalue weighted by atomic mass is 19.1. The van der Waals surface area contributed by atoms with Crippen LogP contribution in [0.1, 0.15) is 29.4 Å². The SMILES string of the molecule is Cn1cc(C(=O)N2CCC(n3c(=O)[nH]c4ccc(F)cc4c3=O)CC2)nn1. The van der Waals surface area contributed by atoms with Crippen LogP contribution in [0.2, 0.25) is 0 Å². The number of nitrogens with one attached hydrogen (secondary N) is 1. The van der Waals surface area contributed by atoms with Crippen molar-refractivity contribution in [2.45, 2.75) is 18.9 Å². The summed E-state index contributed by atoms with van der Waals surface area (Å²) in [6, 6.07) is 3.33. The summed E-state index contributed by atoms with van der Waals surface area (Å²) in [6.07, 6.45) is 2.42. The first kappa shape index (κ1) is 17.1. The first-order chi connectivity index (χ1) is 12.9. The van der Waals surface area contributed by atoms with Gasteiger partial charge in [-0.3, -0.25) is 18.8 Å². The van der Waals surface area contributed by atoms with Crippen LogP contribution in [0.5, 0.6) is 0 Å². The van der Waals surface area contributed by atoms with Gasteiger partial charge < -0.3 is 9.88 Å². The molecule has 1 aromatic carbocycles. The Hall–Kier alpha value is -3.30. The number of H-pyrrole nitrogens is 1. The molecular formula is C17H17FN6O3. The second kappa shape index (κ2) is 6.45. The summed E-state index contributed by atoms with van der Waals surface area (Å²) in [5.41, 5.74) is -0.491. The van der Waals surface area contributed by atoms with Crippen LogP contribution in [0.15, 0.2) is 34.0 Å². The average Bonchev–Trinajstić information content (AvgIpc) is 3.09. The molecule has 3 aromatic rings. The molecule has 1 saturated heterocycles. The fourth-order valence-corrected chi connectivity index (χ4v) is 3.47. The number of hydrogen-bond donors (Lipinski definition) is 1. The van der Waals surface area contributed by atoms with E-state index < -0.39 is 17.1 Å². The number of hydrogen-bond acceptors (Lipinski definition) is 5.